The first-order valence-corrected chi connectivity index (χ1v) is 11.2. The zero-order valence-corrected chi connectivity index (χ0v) is 21.6. The van der Waals surface area contributed by atoms with Crippen LogP contribution in [0.3, 0.4) is 0 Å². The Hall–Kier alpha value is -1.88. The molecule has 172 valence electrons. The second-order valence-electron chi connectivity index (χ2n) is 7.11. The van der Waals surface area contributed by atoms with Crippen molar-refractivity contribution in [1.29, 1.82) is 0 Å². The number of nitrogens with one attached hydrogen (secondary N) is 2. The molecule has 0 aliphatic carbocycles. The van der Waals surface area contributed by atoms with Gasteiger partial charge in [-0.2, -0.15) is 0 Å². The largest absolute Gasteiger partial charge is 0.496 e. The average molecular weight is 561 g/mol. The van der Waals surface area contributed by atoms with Gasteiger partial charge in [-0.25, -0.2) is 0 Å². The molecule has 1 aromatic heterocycles. The summed E-state index contributed by atoms with van der Waals surface area (Å²) in [6.07, 6.45) is 3.08. The molecular weight excluding hydrogens is 527 g/mol. The van der Waals surface area contributed by atoms with Crippen LogP contribution in [0, 0.1) is 0 Å². The number of piperidine rings is 1. The zero-order chi connectivity index (χ0) is 21.2. The number of methoxy groups -OCH3 is 2. The molecule has 3 rings (SSSR count). The highest BCUT2D eigenvalue weighted by Gasteiger charge is 2.20. The van der Waals surface area contributed by atoms with Gasteiger partial charge in [0.15, 0.2) is 5.96 Å². The molecule has 0 atom stereocenters. The van der Waals surface area contributed by atoms with Gasteiger partial charge in [-0.05, 0) is 36.8 Å². The van der Waals surface area contributed by atoms with E-state index in [-0.39, 0.29) is 24.0 Å². The van der Waals surface area contributed by atoms with Crippen LogP contribution in [0.4, 0.5) is 5.00 Å². The number of thiophene rings is 1. The van der Waals surface area contributed by atoms with Crippen LogP contribution in [-0.2, 0) is 0 Å². The van der Waals surface area contributed by atoms with Crippen molar-refractivity contribution in [1.82, 2.24) is 10.6 Å². The van der Waals surface area contributed by atoms with Gasteiger partial charge in [0.05, 0.1) is 25.8 Å². The minimum absolute atomic E-state index is 0. The molecule has 1 fully saturated rings. The van der Waals surface area contributed by atoms with Gasteiger partial charge in [0, 0.05) is 50.9 Å². The Bertz CT molecular complexity index is 774. The van der Waals surface area contributed by atoms with E-state index in [2.05, 4.69) is 38.0 Å². The molecule has 1 saturated heterocycles. The molecule has 9 heteroatoms. The summed E-state index contributed by atoms with van der Waals surface area (Å²) < 4.78 is 16.4. The van der Waals surface area contributed by atoms with Crippen LogP contribution in [0.25, 0.3) is 0 Å². The van der Waals surface area contributed by atoms with E-state index in [1.807, 2.05) is 36.6 Å². The smallest absolute Gasteiger partial charge is 0.191 e. The number of halogens is 1. The number of hydrogen-bond acceptors (Lipinski definition) is 6. The summed E-state index contributed by atoms with van der Waals surface area (Å²) in [6.45, 7) is 3.54. The van der Waals surface area contributed by atoms with Crippen LogP contribution >= 0.6 is 35.3 Å². The maximum atomic E-state index is 5.84. The number of rotatable bonds is 9. The zero-order valence-electron chi connectivity index (χ0n) is 18.4. The number of benzene rings is 1. The Kier molecular flexibility index (Phi) is 11.1. The lowest BCUT2D eigenvalue weighted by Gasteiger charge is -2.33. The van der Waals surface area contributed by atoms with E-state index in [4.69, 9.17) is 14.2 Å². The first kappa shape index (κ1) is 25.4. The molecule has 0 radical (unpaired) electrons. The summed E-state index contributed by atoms with van der Waals surface area (Å²) in [5.41, 5.74) is 0. The number of anilines is 1. The minimum atomic E-state index is 0. The molecule has 2 N–H and O–H groups in total. The van der Waals surface area contributed by atoms with Gasteiger partial charge in [-0.1, -0.05) is 0 Å². The van der Waals surface area contributed by atoms with E-state index in [1.54, 1.807) is 14.2 Å². The molecule has 2 heterocycles. The molecule has 1 aliphatic heterocycles. The maximum Gasteiger partial charge on any atom is 0.191 e. The van der Waals surface area contributed by atoms with Crippen molar-refractivity contribution in [2.45, 2.75) is 25.3 Å². The standard InChI is InChI=1S/C22H32N4O3S.HI/c1-23-22(25-17-7-10-26(11-8-17)21-6-4-13-30-21)24-9-5-12-29-20-15-18(27-2)14-19(16-20)28-3;/h4,6,13-17H,5,7-12H2,1-3H3,(H2,23,24,25);1H. The monoisotopic (exact) mass is 560 g/mol. The Labute approximate surface area is 206 Å². The minimum Gasteiger partial charge on any atom is -0.496 e. The van der Waals surface area contributed by atoms with Gasteiger partial charge >= 0.3 is 0 Å². The molecule has 0 spiro atoms. The van der Waals surface area contributed by atoms with E-state index in [0.29, 0.717) is 12.6 Å². The topological polar surface area (TPSA) is 67.4 Å². The highest BCUT2D eigenvalue weighted by Crippen LogP contribution is 2.27. The van der Waals surface area contributed by atoms with Crippen LogP contribution < -0.4 is 29.7 Å². The lowest BCUT2D eigenvalue weighted by Crippen LogP contribution is -2.48. The van der Waals surface area contributed by atoms with E-state index in [9.17, 15) is 0 Å². The van der Waals surface area contributed by atoms with Gasteiger partial charge in [-0.15, -0.1) is 35.3 Å². The lowest BCUT2D eigenvalue weighted by atomic mass is 10.1. The average Bonchev–Trinajstić information content (AvgIpc) is 3.33. The van der Waals surface area contributed by atoms with E-state index in [0.717, 1.165) is 62.1 Å². The Morgan fingerprint density at radius 3 is 2.39 bits per heavy atom. The summed E-state index contributed by atoms with van der Waals surface area (Å²) >= 11 is 1.81. The fourth-order valence-electron chi connectivity index (χ4n) is 3.42. The second-order valence-corrected chi connectivity index (χ2v) is 8.03. The first-order valence-electron chi connectivity index (χ1n) is 10.3. The van der Waals surface area contributed by atoms with Crippen LogP contribution in [0.1, 0.15) is 19.3 Å². The van der Waals surface area contributed by atoms with E-state index >= 15 is 0 Å². The Balaban J connectivity index is 0.00000341. The Morgan fingerprint density at radius 1 is 1.13 bits per heavy atom. The SMILES string of the molecule is CN=C(NCCCOc1cc(OC)cc(OC)c1)NC1CCN(c2cccs2)CC1.I. The van der Waals surface area contributed by atoms with Gasteiger partial charge in [-0.3, -0.25) is 4.99 Å². The van der Waals surface area contributed by atoms with E-state index < -0.39 is 0 Å². The van der Waals surface area contributed by atoms with Crippen LogP contribution in [-0.4, -0.2) is 59.5 Å². The molecule has 2 aromatic rings. The molecule has 31 heavy (non-hydrogen) atoms. The van der Waals surface area contributed by atoms with Crippen molar-refractivity contribution in [3.05, 3.63) is 35.7 Å². The molecule has 0 bridgehead atoms. The molecule has 1 aromatic carbocycles. The summed E-state index contributed by atoms with van der Waals surface area (Å²) in [6, 6.07) is 10.3. The first-order chi connectivity index (χ1) is 14.7. The number of aliphatic imine (C=N–C) groups is 1. The normalized spacial score (nSPS) is 14.5. The molecule has 1 aliphatic rings. The fourth-order valence-corrected chi connectivity index (χ4v) is 4.20. The predicted octanol–water partition coefficient (Wildman–Crippen LogP) is 3.99. The van der Waals surface area contributed by atoms with Crippen LogP contribution in [0.5, 0.6) is 17.2 Å². The number of ether oxygens (including phenoxy) is 3. The predicted molar refractivity (Wildman–Crippen MR) is 139 cm³/mol. The van der Waals surface area contributed by atoms with Crippen LogP contribution in [0.15, 0.2) is 40.7 Å². The molecule has 0 unspecified atom stereocenters. The number of hydrogen-bond donors (Lipinski definition) is 2. The van der Waals surface area contributed by atoms with Gasteiger partial charge in [0.2, 0.25) is 0 Å². The van der Waals surface area contributed by atoms with Gasteiger partial charge in [0.1, 0.15) is 17.2 Å². The second kappa shape index (κ2) is 13.5. The van der Waals surface area contributed by atoms with Crippen molar-refractivity contribution in [3.63, 3.8) is 0 Å². The summed E-state index contributed by atoms with van der Waals surface area (Å²) in [4.78, 5) is 6.82. The lowest BCUT2D eigenvalue weighted by molar-refractivity contribution is 0.305. The Morgan fingerprint density at radius 2 is 1.81 bits per heavy atom. The van der Waals surface area contributed by atoms with Crippen molar-refractivity contribution < 1.29 is 14.2 Å². The van der Waals surface area contributed by atoms with Gasteiger partial charge in [0.25, 0.3) is 0 Å². The van der Waals surface area contributed by atoms with Crippen LogP contribution in [0.2, 0.25) is 0 Å². The van der Waals surface area contributed by atoms with Crippen molar-refractivity contribution >= 4 is 46.3 Å². The number of guanidine groups is 1. The van der Waals surface area contributed by atoms with Crippen molar-refractivity contribution in [2.75, 3.05) is 52.4 Å². The summed E-state index contributed by atoms with van der Waals surface area (Å²) in [5, 5.41) is 10.4. The van der Waals surface area contributed by atoms with Crippen molar-refractivity contribution in [3.8, 4) is 17.2 Å². The molecule has 7 nitrogen and oxygen atoms in total. The molecular formula is C22H33IN4O3S. The quantitative estimate of drug-likeness (QED) is 0.209. The van der Waals surface area contributed by atoms with E-state index in [1.165, 1.54) is 5.00 Å². The van der Waals surface area contributed by atoms with Gasteiger partial charge < -0.3 is 29.7 Å². The summed E-state index contributed by atoms with van der Waals surface area (Å²) in [7, 11) is 5.08. The highest BCUT2D eigenvalue weighted by molar-refractivity contribution is 14.0. The fraction of sp³-hybridized carbons (Fsp3) is 0.500. The summed E-state index contributed by atoms with van der Waals surface area (Å²) in [5.74, 6) is 3.04. The molecule has 0 saturated carbocycles. The maximum absolute atomic E-state index is 5.84. The highest BCUT2D eigenvalue weighted by atomic mass is 127. The number of nitrogens with zero attached hydrogens (tertiary/aromatic N) is 2. The third-order valence-corrected chi connectivity index (χ3v) is 6.01. The third kappa shape index (κ3) is 7.95. The third-order valence-electron chi connectivity index (χ3n) is 5.08. The van der Waals surface area contributed by atoms with Crippen molar-refractivity contribution in [2.24, 2.45) is 4.99 Å². The molecule has 0 amide bonds.